The fourth-order valence-corrected chi connectivity index (χ4v) is 0.914. The van der Waals surface area contributed by atoms with Crippen molar-refractivity contribution in [2.45, 2.75) is 21.5 Å². The first-order valence-corrected chi connectivity index (χ1v) is 4.42. The Bertz CT molecular complexity index is 235. The van der Waals surface area contributed by atoms with Gasteiger partial charge in [-0.2, -0.15) is 10.5 Å². The third-order valence-corrected chi connectivity index (χ3v) is 3.30. The van der Waals surface area contributed by atoms with E-state index in [-0.39, 0.29) is 12.8 Å². The van der Waals surface area contributed by atoms with E-state index in [1.807, 2.05) is 6.07 Å². The molecule has 0 atom stereocenters. The molecule has 0 spiro atoms. The van der Waals surface area contributed by atoms with Crippen LogP contribution in [0.15, 0.2) is 0 Å². The Morgan fingerprint density at radius 2 is 1.58 bits per heavy atom. The van der Waals surface area contributed by atoms with Crippen LogP contribution in [0.1, 0.15) is 12.8 Å². The molecule has 0 fully saturated rings. The predicted octanol–water partition coefficient (Wildman–Crippen LogP) is 3.16. The zero-order valence-corrected chi connectivity index (χ0v) is 8.84. The summed E-state index contributed by atoms with van der Waals surface area (Å²) in [6, 6.07) is 3.37. The molecule has 0 saturated carbocycles. The van der Waals surface area contributed by atoms with Crippen LogP contribution in [0.2, 0.25) is 0 Å². The van der Waals surface area contributed by atoms with Gasteiger partial charge in [0.05, 0.1) is 6.07 Å². The second kappa shape index (κ2) is 4.40. The standard InChI is InChI=1S/C6H4Cl4N2/c7-5(8,2-1-3-11)6(9,10)4-12/h1-2H2. The minimum absolute atomic E-state index is 0.0488. The molecule has 0 bridgehead atoms. The first-order valence-electron chi connectivity index (χ1n) is 2.91. The van der Waals surface area contributed by atoms with E-state index < -0.39 is 8.67 Å². The molecule has 0 aromatic rings. The lowest BCUT2D eigenvalue weighted by atomic mass is 10.2. The van der Waals surface area contributed by atoms with Crippen LogP contribution in [-0.2, 0) is 0 Å². The number of alkyl halides is 4. The summed E-state index contributed by atoms with van der Waals surface area (Å²) in [4.78, 5) is 0. The smallest absolute Gasteiger partial charge is 0.198 e. The molecule has 0 amide bonds. The zero-order chi connectivity index (χ0) is 9.83. The Hall–Kier alpha value is 0.140. The number of rotatable bonds is 3. The predicted molar refractivity (Wildman–Crippen MR) is 49.3 cm³/mol. The Labute approximate surface area is 90.6 Å². The van der Waals surface area contributed by atoms with Crippen LogP contribution >= 0.6 is 46.4 Å². The second-order valence-electron chi connectivity index (χ2n) is 2.05. The quantitative estimate of drug-likeness (QED) is 0.718. The third kappa shape index (κ3) is 2.88. The molecule has 66 valence electrons. The van der Waals surface area contributed by atoms with Crippen LogP contribution in [0.4, 0.5) is 0 Å². The largest absolute Gasteiger partial charge is 0.235 e. The Morgan fingerprint density at radius 1 is 1.08 bits per heavy atom. The molecular weight excluding hydrogens is 242 g/mol. The molecule has 12 heavy (non-hydrogen) atoms. The lowest BCUT2D eigenvalue weighted by Gasteiger charge is -2.25. The molecule has 0 unspecified atom stereocenters. The molecule has 0 heterocycles. The van der Waals surface area contributed by atoms with Crippen molar-refractivity contribution < 1.29 is 0 Å². The molecule has 0 aliphatic carbocycles. The highest BCUT2D eigenvalue weighted by atomic mass is 35.5. The van der Waals surface area contributed by atoms with Crippen molar-refractivity contribution in [3.63, 3.8) is 0 Å². The first-order chi connectivity index (χ1) is 5.37. The van der Waals surface area contributed by atoms with E-state index in [1.54, 1.807) is 6.07 Å². The minimum Gasteiger partial charge on any atom is -0.198 e. The lowest BCUT2D eigenvalue weighted by Crippen LogP contribution is -2.34. The maximum absolute atomic E-state index is 8.46. The van der Waals surface area contributed by atoms with Crippen molar-refractivity contribution in [3.8, 4) is 12.1 Å². The van der Waals surface area contributed by atoms with E-state index in [1.165, 1.54) is 0 Å². The fourth-order valence-electron chi connectivity index (χ4n) is 0.452. The van der Waals surface area contributed by atoms with Crippen molar-refractivity contribution in [1.29, 1.82) is 10.5 Å². The SMILES string of the molecule is N#CCCC(Cl)(Cl)C(Cl)(Cl)C#N. The molecule has 0 radical (unpaired) electrons. The molecule has 2 nitrogen and oxygen atoms in total. The van der Waals surface area contributed by atoms with E-state index in [2.05, 4.69) is 0 Å². The van der Waals surface area contributed by atoms with Gasteiger partial charge in [0.15, 0.2) is 4.33 Å². The zero-order valence-electron chi connectivity index (χ0n) is 5.82. The van der Waals surface area contributed by atoms with Crippen LogP contribution in [0.25, 0.3) is 0 Å². The molecule has 0 aliphatic heterocycles. The summed E-state index contributed by atoms with van der Waals surface area (Å²) in [5.41, 5.74) is 0. The van der Waals surface area contributed by atoms with E-state index in [0.29, 0.717) is 0 Å². The Morgan fingerprint density at radius 3 is 1.92 bits per heavy atom. The highest BCUT2D eigenvalue weighted by Crippen LogP contribution is 2.45. The molecule has 0 saturated heterocycles. The van der Waals surface area contributed by atoms with Gasteiger partial charge >= 0.3 is 0 Å². The monoisotopic (exact) mass is 244 g/mol. The van der Waals surface area contributed by atoms with E-state index in [0.717, 1.165) is 0 Å². The van der Waals surface area contributed by atoms with Crippen molar-refractivity contribution in [3.05, 3.63) is 0 Å². The van der Waals surface area contributed by atoms with E-state index in [4.69, 9.17) is 56.9 Å². The summed E-state index contributed by atoms with van der Waals surface area (Å²) in [5.74, 6) is 0. The van der Waals surface area contributed by atoms with E-state index in [9.17, 15) is 0 Å². The summed E-state index contributed by atoms with van der Waals surface area (Å²) in [6.07, 6.45) is 0.142. The van der Waals surface area contributed by atoms with Gasteiger partial charge in [0.2, 0.25) is 4.33 Å². The summed E-state index contributed by atoms with van der Waals surface area (Å²) in [7, 11) is 0. The number of halogens is 4. The van der Waals surface area contributed by atoms with Crippen molar-refractivity contribution in [1.82, 2.24) is 0 Å². The lowest BCUT2D eigenvalue weighted by molar-refractivity contribution is 0.692. The number of nitriles is 2. The first kappa shape index (κ1) is 12.1. The van der Waals surface area contributed by atoms with Crippen molar-refractivity contribution in [2.75, 3.05) is 0 Å². The van der Waals surface area contributed by atoms with Crippen LogP contribution in [-0.4, -0.2) is 8.67 Å². The van der Waals surface area contributed by atoms with Gasteiger partial charge in [0, 0.05) is 6.42 Å². The highest BCUT2D eigenvalue weighted by Gasteiger charge is 2.47. The number of nitrogens with zero attached hydrogens (tertiary/aromatic N) is 2. The molecule has 0 aliphatic rings. The molecule has 0 aromatic heterocycles. The van der Waals surface area contributed by atoms with Gasteiger partial charge in [-0.15, -0.1) is 0 Å². The van der Waals surface area contributed by atoms with Crippen molar-refractivity contribution >= 4 is 46.4 Å². The van der Waals surface area contributed by atoms with Gasteiger partial charge in [0.25, 0.3) is 0 Å². The van der Waals surface area contributed by atoms with Gasteiger partial charge < -0.3 is 0 Å². The summed E-state index contributed by atoms with van der Waals surface area (Å²) < 4.78 is -3.49. The second-order valence-corrected chi connectivity index (χ2v) is 4.86. The number of hydrogen-bond acceptors (Lipinski definition) is 2. The molecule has 0 aromatic carbocycles. The molecule has 6 heteroatoms. The summed E-state index contributed by atoms with van der Waals surface area (Å²) >= 11 is 22.2. The normalized spacial score (nSPS) is 11.8. The fraction of sp³-hybridized carbons (Fsp3) is 0.667. The summed E-state index contributed by atoms with van der Waals surface area (Å²) in [6.45, 7) is 0. The Kier molecular flexibility index (Phi) is 4.45. The van der Waals surface area contributed by atoms with Gasteiger partial charge in [-0.25, -0.2) is 0 Å². The maximum atomic E-state index is 8.46. The van der Waals surface area contributed by atoms with Crippen LogP contribution in [0, 0.1) is 22.7 Å². The number of hydrogen-bond donors (Lipinski definition) is 0. The molecular formula is C6H4Cl4N2. The average molecular weight is 246 g/mol. The van der Waals surface area contributed by atoms with Gasteiger partial charge in [-0.05, 0) is 6.42 Å². The van der Waals surface area contributed by atoms with E-state index >= 15 is 0 Å². The highest BCUT2D eigenvalue weighted by molar-refractivity contribution is 6.63. The molecule has 0 rings (SSSR count). The maximum Gasteiger partial charge on any atom is 0.235 e. The topological polar surface area (TPSA) is 47.6 Å². The summed E-state index contributed by atoms with van der Waals surface area (Å²) in [5, 5.41) is 16.7. The van der Waals surface area contributed by atoms with Crippen LogP contribution < -0.4 is 0 Å². The average Bonchev–Trinajstić information content (AvgIpc) is 2.00. The Balaban J connectivity index is 4.43. The van der Waals surface area contributed by atoms with Gasteiger partial charge in [-0.1, -0.05) is 46.4 Å². The van der Waals surface area contributed by atoms with Crippen molar-refractivity contribution in [2.24, 2.45) is 0 Å². The van der Waals surface area contributed by atoms with Gasteiger partial charge in [-0.3, -0.25) is 0 Å². The third-order valence-electron chi connectivity index (χ3n) is 1.15. The van der Waals surface area contributed by atoms with Crippen LogP contribution in [0.5, 0.6) is 0 Å². The van der Waals surface area contributed by atoms with Gasteiger partial charge in [0.1, 0.15) is 6.07 Å². The molecule has 0 N–H and O–H groups in total. The van der Waals surface area contributed by atoms with Crippen LogP contribution in [0.3, 0.4) is 0 Å². The minimum atomic E-state index is -1.88.